The number of halogens is 2. The molecule has 0 aliphatic heterocycles. The van der Waals surface area contributed by atoms with Gasteiger partial charge in [-0.1, -0.05) is 17.7 Å². The van der Waals surface area contributed by atoms with Gasteiger partial charge in [-0.15, -0.1) is 0 Å². The Morgan fingerprint density at radius 2 is 2.15 bits per heavy atom. The molecule has 0 aliphatic rings. The van der Waals surface area contributed by atoms with Gasteiger partial charge in [-0.2, -0.15) is 0 Å². The average Bonchev–Trinajstić information content (AvgIpc) is 2.74. The van der Waals surface area contributed by atoms with Crippen LogP contribution in [0.15, 0.2) is 16.6 Å². The highest BCUT2D eigenvalue weighted by Gasteiger charge is 2.23. The largest absolute Gasteiger partial charge is 0.477 e. The van der Waals surface area contributed by atoms with Gasteiger partial charge in [0.1, 0.15) is 5.69 Å². The molecule has 2 aromatic rings. The van der Waals surface area contributed by atoms with E-state index in [0.29, 0.717) is 28.9 Å². The van der Waals surface area contributed by atoms with Crippen LogP contribution in [0.25, 0.3) is 10.9 Å². The topological polar surface area (TPSA) is 62.5 Å². The minimum absolute atomic E-state index is 0.0343. The van der Waals surface area contributed by atoms with Crippen LogP contribution in [0.3, 0.4) is 0 Å². The lowest BCUT2D eigenvalue weighted by molar-refractivity contribution is 0.0684. The van der Waals surface area contributed by atoms with E-state index in [4.69, 9.17) is 16.7 Å². The Balaban J connectivity index is 2.84. The normalized spacial score (nSPS) is 11.2. The van der Waals surface area contributed by atoms with E-state index in [9.17, 15) is 9.90 Å². The van der Waals surface area contributed by atoms with Gasteiger partial charge < -0.3 is 14.8 Å². The predicted octanol–water partition coefficient (Wildman–Crippen LogP) is 3.70. The molecule has 1 aromatic carbocycles. The molecule has 0 fully saturated rings. The third-order valence-corrected chi connectivity index (χ3v) is 4.67. The molecule has 2 rings (SSSR count). The van der Waals surface area contributed by atoms with Crippen molar-refractivity contribution in [3.8, 4) is 0 Å². The predicted molar refractivity (Wildman–Crippen MR) is 82.7 cm³/mol. The maximum atomic E-state index is 11.6. The second-order valence-corrected chi connectivity index (χ2v) is 5.66. The number of aromatic carboxylic acids is 1. The first kappa shape index (κ1) is 15.4. The molecule has 2 N–H and O–H groups in total. The molecule has 4 nitrogen and oxygen atoms in total. The fourth-order valence-corrected chi connectivity index (χ4v) is 3.23. The summed E-state index contributed by atoms with van der Waals surface area (Å²) < 4.78 is 2.46. The Morgan fingerprint density at radius 3 is 2.70 bits per heavy atom. The van der Waals surface area contributed by atoms with Crippen LogP contribution in [0.4, 0.5) is 0 Å². The summed E-state index contributed by atoms with van der Waals surface area (Å²) in [5.41, 5.74) is 1.82. The van der Waals surface area contributed by atoms with Crippen molar-refractivity contribution in [3.63, 3.8) is 0 Å². The van der Waals surface area contributed by atoms with Gasteiger partial charge in [0.15, 0.2) is 0 Å². The monoisotopic (exact) mass is 359 g/mol. The molecule has 1 heterocycles. The maximum absolute atomic E-state index is 11.6. The maximum Gasteiger partial charge on any atom is 0.352 e. The number of aliphatic hydroxyl groups is 1. The van der Waals surface area contributed by atoms with Gasteiger partial charge in [0.25, 0.3) is 0 Å². The molecule has 1 aromatic heterocycles. The van der Waals surface area contributed by atoms with Crippen molar-refractivity contribution in [1.29, 1.82) is 0 Å². The van der Waals surface area contributed by atoms with Gasteiger partial charge in [-0.05, 0) is 47.3 Å². The van der Waals surface area contributed by atoms with Gasteiger partial charge >= 0.3 is 5.97 Å². The zero-order valence-electron chi connectivity index (χ0n) is 11.0. The lowest BCUT2D eigenvalue weighted by Gasteiger charge is -2.07. The summed E-state index contributed by atoms with van der Waals surface area (Å²) >= 11 is 9.56. The number of rotatable bonds is 5. The zero-order chi connectivity index (χ0) is 14.9. The van der Waals surface area contributed by atoms with Crippen LogP contribution in [-0.4, -0.2) is 27.4 Å². The van der Waals surface area contributed by atoms with Gasteiger partial charge in [0, 0.05) is 18.5 Å². The van der Waals surface area contributed by atoms with Crippen LogP contribution >= 0.6 is 27.5 Å². The van der Waals surface area contributed by atoms with Gasteiger partial charge in [0.2, 0.25) is 0 Å². The standard InChI is InChI=1S/C14H15BrClNO3/c1-2-17-12-9(5-6-10(16)11(12)15)8(4-3-7-18)13(17)14(19)20/h5-6,18H,2-4,7H2,1H3,(H,19,20). The summed E-state index contributed by atoms with van der Waals surface area (Å²) in [7, 11) is 0. The number of hydrogen-bond donors (Lipinski definition) is 2. The van der Waals surface area contributed by atoms with Crippen LogP contribution in [0.5, 0.6) is 0 Å². The number of aliphatic hydroxyl groups excluding tert-OH is 1. The van der Waals surface area contributed by atoms with E-state index >= 15 is 0 Å². The molecule has 0 spiro atoms. The Hall–Kier alpha value is -1.04. The van der Waals surface area contributed by atoms with Crippen molar-refractivity contribution in [2.45, 2.75) is 26.3 Å². The van der Waals surface area contributed by atoms with Crippen LogP contribution < -0.4 is 0 Å². The Labute approximate surface area is 130 Å². The first-order valence-electron chi connectivity index (χ1n) is 6.36. The number of aromatic nitrogens is 1. The molecule has 108 valence electrons. The summed E-state index contributed by atoms with van der Waals surface area (Å²) in [6.07, 6.45) is 1.05. The fraction of sp³-hybridized carbons (Fsp3) is 0.357. The van der Waals surface area contributed by atoms with Gasteiger partial charge in [-0.25, -0.2) is 4.79 Å². The molecule has 0 saturated heterocycles. The Kier molecular flexibility index (Phi) is 4.73. The summed E-state index contributed by atoms with van der Waals surface area (Å²) in [5, 5.41) is 19.9. The molecule has 0 atom stereocenters. The van der Waals surface area contributed by atoms with E-state index in [2.05, 4.69) is 15.9 Å². The molecule has 6 heteroatoms. The highest BCUT2D eigenvalue weighted by Crippen LogP contribution is 2.36. The summed E-state index contributed by atoms with van der Waals surface area (Å²) in [6.45, 7) is 2.47. The molecule has 0 saturated carbocycles. The summed E-state index contributed by atoms with van der Waals surface area (Å²) in [6, 6.07) is 3.59. The molecule has 0 bridgehead atoms. The number of aryl methyl sites for hydroxylation is 2. The van der Waals surface area contributed by atoms with Gasteiger partial charge in [-0.3, -0.25) is 0 Å². The first-order chi connectivity index (χ1) is 9.52. The SMILES string of the molecule is CCn1c(C(=O)O)c(CCCO)c2ccc(Cl)c(Br)c21. The summed E-state index contributed by atoms with van der Waals surface area (Å²) in [4.78, 5) is 11.6. The van der Waals surface area contributed by atoms with Gasteiger partial charge in [0.05, 0.1) is 15.0 Å². The molecule has 0 radical (unpaired) electrons. The second kappa shape index (κ2) is 6.16. The molecule has 20 heavy (non-hydrogen) atoms. The van der Waals surface area contributed by atoms with Crippen LogP contribution in [-0.2, 0) is 13.0 Å². The zero-order valence-corrected chi connectivity index (χ0v) is 13.3. The average molecular weight is 361 g/mol. The van der Waals surface area contributed by atoms with Crippen molar-refractivity contribution in [2.75, 3.05) is 6.61 Å². The third kappa shape index (κ3) is 2.45. The van der Waals surface area contributed by atoms with Crippen LogP contribution in [0, 0.1) is 0 Å². The minimum Gasteiger partial charge on any atom is -0.477 e. The van der Waals surface area contributed by atoms with Crippen LogP contribution in [0.1, 0.15) is 29.4 Å². The molecular formula is C14H15BrClNO3. The highest BCUT2D eigenvalue weighted by molar-refractivity contribution is 9.10. The lowest BCUT2D eigenvalue weighted by atomic mass is 10.1. The van der Waals surface area contributed by atoms with Crippen LogP contribution in [0.2, 0.25) is 5.02 Å². The quantitative estimate of drug-likeness (QED) is 0.854. The van der Waals surface area contributed by atoms with Crippen molar-refractivity contribution in [1.82, 2.24) is 4.57 Å². The van der Waals surface area contributed by atoms with Crippen molar-refractivity contribution in [3.05, 3.63) is 32.9 Å². The van der Waals surface area contributed by atoms with E-state index < -0.39 is 5.97 Å². The lowest BCUT2D eigenvalue weighted by Crippen LogP contribution is -2.10. The van der Waals surface area contributed by atoms with Crippen molar-refractivity contribution in [2.24, 2.45) is 0 Å². The molecule has 0 aliphatic carbocycles. The number of benzene rings is 1. The number of nitrogens with zero attached hydrogens (tertiary/aromatic N) is 1. The number of hydrogen-bond acceptors (Lipinski definition) is 2. The number of carboxylic acids is 1. The molecular weight excluding hydrogens is 346 g/mol. The Morgan fingerprint density at radius 1 is 1.45 bits per heavy atom. The van der Waals surface area contributed by atoms with E-state index in [1.807, 2.05) is 13.0 Å². The fourth-order valence-electron chi connectivity index (χ4n) is 2.52. The highest BCUT2D eigenvalue weighted by atomic mass is 79.9. The number of carboxylic acid groups (broad SMARTS) is 1. The smallest absolute Gasteiger partial charge is 0.352 e. The number of carbonyl (C=O) groups is 1. The van der Waals surface area contributed by atoms with E-state index in [1.165, 1.54) is 0 Å². The number of fused-ring (bicyclic) bond motifs is 1. The molecule has 0 unspecified atom stereocenters. The van der Waals surface area contributed by atoms with Crippen molar-refractivity contribution >= 4 is 44.4 Å². The Bertz CT molecular complexity index is 666. The van der Waals surface area contributed by atoms with E-state index in [0.717, 1.165) is 16.5 Å². The summed E-state index contributed by atoms with van der Waals surface area (Å²) in [5.74, 6) is -0.959. The van der Waals surface area contributed by atoms with E-state index in [1.54, 1.807) is 10.6 Å². The molecule has 0 amide bonds. The third-order valence-electron chi connectivity index (χ3n) is 3.32. The first-order valence-corrected chi connectivity index (χ1v) is 7.53. The minimum atomic E-state index is -0.959. The second-order valence-electron chi connectivity index (χ2n) is 4.46. The van der Waals surface area contributed by atoms with Crippen molar-refractivity contribution < 1.29 is 15.0 Å². The van der Waals surface area contributed by atoms with E-state index in [-0.39, 0.29) is 12.3 Å².